The molecule has 0 aliphatic carbocycles. The van der Waals surface area contributed by atoms with Gasteiger partial charge in [0.15, 0.2) is 0 Å². The number of halogens is 1. The average molecular weight is 260 g/mol. The molecule has 1 amide bonds. The summed E-state index contributed by atoms with van der Waals surface area (Å²) in [6.45, 7) is 2.98. The van der Waals surface area contributed by atoms with Gasteiger partial charge in [0, 0.05) is 17.8 Å². The number of anilines is 1. The third kappa shape index (κ3) is 2.06. The maximum Gasteiger partial charge on any atom is 0.251 e. The molecule has 2 aliphatic rings. The number of piperidine rings is 1. The lowest BCUT2D eigenvalue weighted by atomic mass is 9.84. The Labute approximate surface area is 112 Å². The predicted octanol–water partition coefficient (Wildman–Crippen LogP) is 2.24. The first-order valence-corrected chi connectivity index (χ1v) is 6.63. The zero-order chi connectivity index (χ0) is 13.5. The highest BCUT2D eigenvalue weighted by molar-refractivity contribution is 6.06. The maximum atomic E-state index is 13.4. The van der Waals surface area contributed by atoms with E-state index in [9.17, 15) is 9.18 Å². The Kier molecular flexibility index (Phi) is 2.90. The zero-order valence-corrected chi connectivity index (χ0v) is 10.9. The topological polar surface area (TPSA) is 32.3 Å². The second-order valence-electron chi connectivity index (χ2n) is 5.40. The monoisotopic (exact) mass is 260 g/mol. The van der Waals surface area contributed by atoms with E-state index in [0.29, 0.717) is 11.7 Å². The van der Waals surface area contributed by atoms with Gasteiger partial charge in [0.1, 0.15) is 5.82 Å². The van der Waals surface area contributed by atoms with E-state index in [-0.39, 0.29) is 17.3 Å². The number of carbonyl (C=O) groups is 1. The summed E-state index contributed by atoms with van der Waals surface area (Å²) in [6.07, 6.45) is 5.31. The van der Waals surface area contributed by atoms with Gasteiger partial charge < -0.3 is 5.32 Å². The van der Waals surface area contributed by atoms with Gasteiger partial charge in [-0.25, -0.2) is 4.39 Å². The van der Waals surface area contributed by atoms with Crippen LogP contribution in [0.5, 0.6) is 0 Å². The van der Waals surface area contributed by atoms with Crippen LogP contribution in [0.4, 0.5) is 10.1 Å². The van der Waals surface area contributed by atoms with Crippen LogP contribution in [0.3, 0.4) is 0 Å². The summed E-state index contributed by atoms with van der Waals surface area (Å²) < 4.78 is 13.4. The molecule has 3 rings (SSSR count). The van der Waals surface area contributed by atoms with Gasteiger partial charge in [-0.05, 0) is 44.5 Å². The van der Waals surface area contributed by atoms with Gasteiger partial charge >= 0.3 is 0 Å². The minimum Gasteiger partial charge on any atom is -0.314 e. The molecule has 2 aliphatic heterocycles. The van der Waals surface area contributed by atoms with Gasteiger partial charge in [0.25, 0.3) is 5.91 Å². The minimum absolute atomic E-state index is 0.0558. The second-order valence-corrected chi connectivity index (χ2v) is 5.40. The number of hydrogen-bond acceptors (Lipinski definition) is 2. The summed E-state index contributed by atoms with van der Waals surface area (Å²) in [6, 6.07) is 6.62. The van der Waals surface area contributed by atoms with Crippen LogP contribution in [0.1, 0.15) is 19.8 Å². The molecule has 0 unspecified atom stereocenters. The maximum absolute atomic E-state index is 13.4. The van der Waals surface area contributed by atoms with Gasteiger partial charge in [-0.15, -0.1) is 0 Å². The van der Waals surface area contributed by atoms with Gasteiger partial charge in [0.05, 0.1) is 5.54 Å². The van der Waals surface area contributed by atoms with Crippen molar-refractivity contribution < 1.29 is 9.18 Å². The van der Waals surface area contributed by atoms with E-state index in [1.54, 1.807) is 23.1 Å². The number of hydrogen-bond donors (Lipinski definition) is 1. The first-order chi connectivity index (χ1) is 9.11. The van der Waals surface area contributed by atoms with Crippen molar-refractivity contribution in [2.45, 2.75) is 31.3 Å². The number of benzene rings is 1. The lowest BCUT2D eigenvalue weighted by Gasteiger charge is -2.43. The molecule has 1 aromatic rings. The lowest BCUT2D eigenvalue weighted by Crippen LogP contribution is -2.55. The van der Waals surface area contributed by atoms with Crippen molar-refractivity contribution in [3.8, 4) is 0 Å². The predicted molar refractivity (Wildman–Crippen MR) is 72.5 cm³/mol. The third-order valence-corrected chi connectivity index (χ3v) is 3.98. The molecule has 0 radical (unpaired) electrons. The van der Waals surface area contributed by atoms with Crippen LogP contribution < -0.4 is 10.2 Å². The molecule has 0 saturated carbocycles. The van der Waals surface area contributed by atoms with Crippen molar-refractivity contribution >= 4 is 11.6 Å². The highest BCUT2D eigenvalue weighted by atomic mass is 19.1. The summed E-state index contributed by atoms with van der Waals surface area (Å²) in [5.74, 6) is -0.367. The summed E-state index contributed by atoms with van der Waals surface area (Å²) in [5, 5.41) is 3.39. The zero-order valence-electron chi connectivity index (χ0n) is 10.9. The van der Waals surface area contributed by atoms with Gasteiger partial charge in [-0.2, -0.15) is 0 Å². The molecule has 4 heteroatoms. The number of nitrogens with zero attached hydrogens (tertiary/aromatic N) is 1. The summed E-state index contributed by atoms with van der Waals surface area (Å²) in [7, 11) is 0. The van der Waals surface area contributed by atoms with Crippen molar-refractivity contribution in [2.24, 2.45) is 0 Å². The number of rotatable bonds is 1. The van der Waals surface area contributed by atoms with Crippen LogP contribution in [-0.2, 0) is 4.79 Å². The molecular formula is C15H17FN2O. The summed E-state index contributed by atoms with van der Waals surface area (Å²) in [4.78, 5) is 13.9. The Hall–Kier alpha value is -1.68. The molecule has 19 heavy (non-hydrogen) atoms. The molecule has 1 spiro atoms. The molecule has 1 aromatic carbocycles. The number of carbonyl (C=O) groups excluding carboxylic acids is 1. The van der Waals surface area contributed by atoms with E-state index in [1.807, 2.05) is 6.08 Å². The Morgan fingerprint density at radius 3 is 3.05 bits per heavy atom. The Balaban J connectivity index is 2.00. The van der Waals surface area contributed by atoms with Crippen molar-refractivity contribution in [1.29, 1.82) is 0 Å². The molecule has 100 valence electrons. The van der Waals surface area contributed by atoms with E-state index in [0.717, 1.165) is 19.4 Å². The molecular weight excluding hydrogens is 243 g/mol. The summed E-state index contributed by atoms with van der Waals surface area (Å²) >= 11 is 0. The first-order valence-electron chi connectivity index (χ1n) is 6.63. The highest BCUT2D eigenvalue weighted by Gasteiger charge is 2.44. The van der Waals surface area contributed by atoms with Crippen LogP contribution >= 0.6 is 0 Å². The summed E-state index contributed by atoms with van der Waals surface area (Å²) in [5.41, 5.74) is 0.347. The lowest BCUT2D eigenvalue weighted by molar-refractivity contribution is -0.114. The van der Waals surface area contributed by atoms with Crippen molar-refractivity contribution in [3.63, 3.8) is 0 Å². The van der Waals surface area contributed by atoms with Crippen LogP contribution in [0.15, 0.2) is 36.4 Å². The van der Waals surface area contributed by atoms with Crippen molar-refractivity contribution in [2.75, 3.05) is 11.4 Å². The fourth-order valence-corrected chi connectivity index (χ4v) is 3.19. The van der Waals surface area contributed by atoms with Crippen molar-refractivity contribution in [1.82, 2.24) is 5.32 Å². The quantitative estimate of drug-likeness (QED) is 0.840. The Bertz CT molecular complexity index is 543. The molecule has 1 saturated heterocycles. The normalized spacial score (nSPS) is 30.3. The SMILES string of the molecule is C[C@H]1C[C@]2(C=CC(=O)N2c2cccc(F)c2)CCN1. The fourth-order valence-electron chi connectivity index (χ4n) is 3.19. The number of amides is 1. The molecule has 1 N–H and O–H groups in total. The van der Waals surface area contributed by atoms with E-state index in [1.165, 1.54) is 12.1 Å². The standard InChI is InChI=1S/C15H17FN2O/c1-11-10-15(7-8-17-11)6-5-14(19)18(15)13-4-2-3-12(16)9-13/h2-6,9,11,17H,7-8,10H2,1H3/t11-,15-/m0/s1. The largest absolute Gasteiger partial charge is 0.314 e. The Morgan fingerprint density at radius 1 is 1.47 bits per heavy atom. The Morgan fingerprint density at radius 2 is 2.32 bits per heavy atom. The van der Waals surface area contributed by atoms with E-state index >= 15 is 0 Å². The fraction of sp³-hybridized carbons (Fsp3) is 0.400. The molecule has 0 bridgehead atoms. The van der Waals surface area contributed by atoms with Crippen molar-refractivity contribution in [3.05, 3.63) is 42.2 Å². The molecule has 3 nitrogen and oxygen atoms in total. The minimum atomic E-state index is -0.311. The molecule has 2 heterocycles. The number of nitrogens with one attached hydrogen (secondary N) is 1. The van der Waals surface area contributed by atoms with E-state index in [4.69, 9.17) is 0 Å². The highest BCUT2D eigenvalue weighted by Crippen LogP contribution is 2.38. The van der Waals surface area contributed by atoms with Crippen LogP contribution in [0.2, 0.25) is 0 Å². The van der Waals surface area contributed by atoms with E-state index < -0.39 is 0 Å². The molecule has 0 aromatic heterocycles. The van der Waals surface area contributed by atoms with E-state index in [2.05, 4.69) is 12.2 Å². The van der Waals surface area contributed by atoms with Gasteiger partial charge in [-0.3, -0.25) is 9.69 Å². The van der Waals surface area contributed by atoms with Gasteiger partial charge in [-0.1, -0.05) is 12.1 Å². The van der Waals surface area contributed by atoms with Crippen LogP contribution in [0, 0.1) is 5.82 Å². The first kappa shape index (κ1) is 12.4. The average Bonchev–Trinajstić information content (AvgIpc) is 2.66. The van der Waals surface area contributed by atoms with Gasteiger partial charge in [0.2, 0.25) is 0 Å². The molecule has 2 atom stereocenters. The second kappa shape index (κ2) is 4.46. The third-order valence-electron chi connectivity index (χ3n) is 3.98. The van der Waals surface area contributed by atoms with Crippen LogP contribution in [0.25, 0.3) is 0 Å². The molecule has 1 fully saturated rings. The smallest absolute Gasteiger partial charge is 0.251 e. The van der Waals surface area contributed by atoms with Crippen LogP contribution in [-0.4, -0.2) is 24.0 Å².